The van der Waals surface area contributed by atoms with Gasteiger partial charge in [-0.05, 0) is 24.3 Å². The first-order chi connectivity index (χ1) is 18.7. The molecule has 0 aromatic heterocycles. The lowest BCUT2D eigenvalue weighted by molar-refractivity contribution is 0.388. The van der Waals surface area contributed by atoms with Gasteiger partial charge in [-0.3, -0.25) is 0 Å². The van der Waals surface area contributed by atoms with E-state index in [1.807, 2.05) is 103 Å². The lowest BCUT2D eigenvalue weighted by Crippen LogP contribution is -2.10. The van der Waals surface area contributed by atoms with Crippen molar-refractivity contribution in [2.75, 3.05) is 0 Å². The molecule has 0 aliphatic carbocycles. The fourth-order valence-electron chi connectivity index (χ4n) is 3.73. The Morgan fingerprint density at radius 1 is 0.474 bits per heavy atom. The molecule has 0 N–H and O–H groups in total. The summed E-state index contributed by atoms with van der Waals surface area (Å²) in [4.78, 5) is 4.99. The first-order valence-corrected chi connectivity index (χ1v) is 13.6. The Bertz CT molecular complexity index is 1470. The van der Waals surface area contributed by atoms with Crippen molar-refractivity contribution in [3.63, 3.8) is 0 Å². The van der Waals surface area contributed by atoms with Crippen molar-refractivity contribution >= 4 is 19.3 Å². The minimum Gasteiger partial charge on any atom is -0.399 e. The number of rotatable bonds is 8. The minimum atomic E-state index is -4.14. The van der Waals surface area contributed by atoms with E-state index in [9.17, 15) is 4.57 Å². The molecule has 0 fully saturated rings. The molecule has 38 heavy (non-hydrogen) atoms. The standard InChI is InChI=1S/C32H25N2O3P/c35-38(36-29-22-12-4-13-23-29,37-30-24-14-5-15-25-30)34-32(28-20-10-3-11-21-28)33-31(26-16-6-1-7-17-26)27-18-8-2-9-19-27/h1-25H/b34-32+. The van der Waals surface area contributed by atoms with Gasteiger partial charge >= 0.3 is 7.75 Å². The smallest absolute Gasteiger partial charge is 0.399 e. The first-order valence-electron chi connectivity index (χ1n) is 12.1. The molecule has 0 atom stereocenters. The van der Waals surface area contributed by atoms with Crippen molar-refractivity contribution in [3.05, 3.63) is 168 Å². The third-order valence-corrected chi connectivity index (χ3v) is 6.81. The van der Waals surface area contributed by atoms with Gasteiger partial charge in [0.25, 0.3) is 0 Å². The van der Waals surface area contributed by atoms with Crippen molar-refractivity contribution in [2.24, 2.45) is 9.76 Å². The molecule has 0 aliphatic rings. The number of aliphatic imine (C=N–C) groups is 1. The molecule has 6 heteroatoms. The Hall–Kier alpha value is -4.73. The van der Waals surface area contributed by atoms with Crippen LogP contribution in [0.3, 0.4) is 0 Å². The maximum absolute atomic E-state index is 14.3. The number of hydrogen-bond acceptors (Lipinski definition) is 3. The third kappa shape index (κ3) is 6.52. The third-order valence-electron chi connectivity index (χ3n) is 5.49. The first kappa shape index (κ1) is 24.9. The number of para-hydroxylation sites is 2. The number of benzene rings is 5. The van der Waals surface area contributed by atoms with E-state index in [4.69, 9.17) is 14.0 Å². The van der Waals surface area contributed by atoms with Gasteiger partial charge in [-0.1, -0.05) is 127 Å². The van der Waals surface area contributed by atoms with E-state index >= 15 is 0 Å². The summed E-state index contributed by atoms with van der Waals surface area (Å²) in [5.74, 6) is 0.972. The van der Waals surface area contributed by atoms with Gasteiger partial charge in [0, 0.05) is 16.7 Å². The lowest BCUT2D eigenvalue weighted by Gasteiger charge is -2.17. The molecule has 0 spiro atoms. The minimum absolute atomic E-state index is 0.225. The summed E-state index contributed by atoms with van der Waals surface area (Å²) in [6, 6.07) is 46.8. The van der Waals surface area contributed by atoms with Gasteiger partial charge in [0.05, 0.1) is 5.71 Å². The molecule has 186 valence electrons. The van der Waals surface area contributed by atoms with Gasteiger partial charge in [0.1, 0.15) is 11.5 Å². The second-order valence-electron chi connectivity index (χ2n) is 8.26. The second kappa shape index (κ2) is 12.0. The molecule has 5 aromatic rings. The van der Waals surface area contributed by atoms with Gasteiger partial charge < -0.3 is 9.05 Å². The average molecular weight is 517 g/mol. The molecule has 5 aromatic carbocycles. The number of amidine groups is 1. The van der Waals surface area contributed by atoms with Gasteiger partial charge in [-0.15, -0.1) is 4.76 Å². The number of hydrogen-bond donors (Lipinski definition) is 0. The van der Waals surface area contributed by atoms with Crippen molar-refractivity contribution in [3.8, 4) is 11.5 Å². The maximum atomic E-state index is 14.3. The average Bonchev–Trinajstić information content (AvgIpc) is 2.97. The zero-order chi connectivity index (χ0) is 26.0. The van der Waals surface area contributed by atoms with E-state index in [0.717, 1.165) is 11.1 Å². The van der Waals surface area contributed by atoms with Crippen LogP contribution in [-0.4, -0.2) is 11.5 Å². The van der Waals surface area contributed by atoms with E-state index in [-0.39, 0.29) is 5.84 Å². The van der Waals surface area contributed by atoms with Crippen LogP contribution in [0.2, 0.25) is 0 Å². The Labute approximate surface area is 222 Å². The van der Waals surface area contributed by atoms with Crippen LogP contribution in [-0.2, 0) is 4.57 Å². The largest absolute Gasteiger partial charge is 0.565 e. The monoisotopic (exact) mass is 516 g/mol. The van der Waals surface area contributed by atoms with Crippen LogP contribution in [0.4, 0.5) is 0 Å². The van der Waals surface area contributed by atoms with Crippen LogP contribution in [0, 0.1) is 0 Å². The van der Waals surface area contributed by atoms with Crippen LogP contribution < -0.4 is 9.05 Å². The molecule has 0 heterocycles. The highest BCUT2D eigenvalue weighted by atomic mass is 31.2. The normalized spacial score (nSPS) is 11.4. The van der Waals surface area contributed by atoms with Gasteiger partial charge in [-0.25, -0.2) is 9.56 Å². The van der Waals surface area contributed by atoms with Gasteiger partial charge in [0.2, 0.25) is 0 Å². The zero-order valence-corrected chi connectivity index (χ0v) is 21.4. The fraction of sp³-hybridized carbons (Fsp3) is 0. The summed E-state index contributed by atoms with van der Waals surface area (Å²) in [7, 11) is -4.14. The predicted molar refractivity (Wildman–Crippen MR) is 153 cm³/mol. The van der Waals surface area contributed by atoms with E-state index in [1.165, 1.54) is 0 Å². The molecule has 5 rings (SSSR count). The topological polar surface area (TPSA) is 60.2 Å². The predicted octanol–water partition coefficient (Wildman–Crippen LogP) is 8.24. The highest BCUT2D eigenvalue weighted by Gasteiger charge is 2.30. The molecule has 0 saturated heterocycles. The van der Waals surface area contributed by atoms with E-state index < -0.39 is 7.75 Å². The molecular formula is C32H25N2O3P. The zero-order valence-electron chi connectivity index (χ0n) is 20.5. The molecule has 0 radical (unpaired) electrons. The molecule has 5 nitrogen and oxygen atoms in total. The molecule has 0 bridgehead atoms. The summed E-state index contributed by atoms with van der Waals surface area (Å²) >= 11 is 0. The Morgan fingerprint density at radius 3 is 1.21 bits per heavy atom. The summed E-state index contributed by atoms with van der Waals surface area (Å²) in [6.45, 7) is 0. The Balaban J connectivity index is 1.69. The van der Waals surface area contributed by atoms with E-state index in [1.54, 1.807) is 48.5 Å². The second-order valence-corrected chi connectivity index (χ2v) is 9.76. The summed E-state index contributed by atoms with van der Waals surface area (Å²) in [6.07, 6.45) is 0. The Morgan fingerprint density at radius 2 is 0.816 bits per heavy atom. The summed E-state index contributed by atoms with van der Waals surface area (Å²) < 4.78 is 30.7. The van der Waals surface area contributed by atoms with Crippen LogP contribution in [0.25, 0.3) is 0 Å². The molecule has 0 unspecified atom stereocenters. The van der Waals surface area contributed by atoms with Crippen molar-refractivity contribution in [2.45, 2.75) is 0 Å². The van der Waals surface area contributed by atoms with E-state index in [0.29, 0.717) is 22.8 Å². The fourth-order valence-corrected chi connectivity index (χ4v) is 5.02. The SMILES string of the molecule is O=P(/N=C(/N=C(c1ccccc1)c1ccccc1)c1ccccc1)(Oc1ccccc1)Oc1ccccc1. The maximum Gasteiger partial charge on any atom is 0.565 e. The van der Waals surface area contributed by atoms with Crippen molar-refractivity contribution in [1.82, 2.24) is 0 Å². The van der Waals surface area contributed by atoms with Crippen LogP contribution in [0.15, 0.2) is 161 Å². The summed E-state index contributed by atoms with van der Waals surface area (Å²) in [5.41, 5.74) is 3.14. The van der Waals surface area contributed by atoms with Crippen molar-refractivity contribution < 1.29 is 13.6 Å². The highest BCUT2D eigenvalue weighted by molar-refractivity contribution is 7.53. The highest BCUT2D eigenvalue weighted by Crippen LogP contribution is 2.50. The van der Waals surface area contributed by atoms with E-state index in [2.05, 4.69) is 4.76 Å². The molecule has 0 amide bonds. The Kier molecular flexibility index (Phi) is 7.88. The van der Waals surface area contributed by atoms with Crippen molar-refractivity contribution in [1.29, 1.82) is 0 Å². The molecule has 0 saturated carbocycles. The van der Waals surface area contributed by atoms with Gasteiger partial charge in [0.15, 0.2) is 5.84 Å². The van der Waals surface area contributed by atoms with Gasteiger partial charge in [-0.2, -0.15) is 0 Å². The molecular weight excluding hydrogens is 491 g/mol. The number of nitrogens with zero attached hydrogens (tertiary/aromatic N) is 2. The van der Waals surface area contributed by atoms with Crippen LogP contribution in [0.1, 0.15) is 16.7 Å². The quantitative estimate of drug-likeness (QED) is 0.119. The molecule has 0 aliphatic heterocycles. The van der Waals surface area contributed by atoms with Crippen LogP contribution >= 0.6 is 7.75 Å². The summed E-state index contributed by atoms with van der Waals surface area (Å²) in [5, 5.41) is 0. The van der Waals surface area contributed by atoms with Crippen LogP contribution in [0.5, 0.6) is 11.5 Å². The lowest BCUT2D eigenvalue weighted by atomic mass is 10.0.